The quantitative estimate of drug-likeness (QED) is 0.123. The minimum absolute atomic E-state index is 0.562. The molecule has 62 heavy (non-hydrogen) atoms. The van der Waals surface area contributed by atoms with Crippen LogP contribution in [-0.4, -0.2) is 4.98 Å². The molecule has 288 valence electrons. The minimum Gasteiger partial charge on any atom is -0.454 e. The molecule has 12 aromatic rings. The van der Waals surface area contributed by atoms with E-state index >= 15 is 0 Å². The Morgan fingerprint density at radius 3 is 1.55 bits per heavy atom. The zero-order chi connectivity index (χ0) is 41.3. The van der Waals surface area contributed by atoms with Crippen LogP contribution < -0.4 is 9.80 Å². The Hall–Kier alpha value is -8.91. The number of furan rings is 2. The largest absolute Gasteiger partial charge is 0.454 e. The Balaban J connectivity index is 1.17. The summed E-state index contributed by atoms with van der Waals surface area (Å²) in [6, 6.07) is 64.1. The molecule has 9 aromatic carbocycles. The summed E-state index contributed by atoms with van der Waals surface area (Å²) in [4.78, 5) is 12.8. The fourth-order valence-corrected chi connectivity index (χ4v) is 9.16. The first-order valence-corrected chi connectivity index (χ1v) is 20.3. The lowest BCUT2D eigenvalue weighted by Gasteiger charge is -2.29. The molecule has 0 radical (unpaired) electrons. The first-order chi connectivity index (χ1) is 30.7. The molecule has 0 aliphatic carbocycles. The van der Waals surface area contributed by atoms with E-state index in [0.717, 1.165) is 105 Å². The van der Waals surface area contributed by atoms with Gasteiger partial charge in [-0.2, -0.15) is 5.26 Å². The molecule has 12 rings (SSSR count). The first kappa shape index (κ1) is 35.1. The van der Waals surface area contributed by atoms with E-state index in [1.807, 2.05) is 78.9 Å². The molecule has 7 nitrogen and oxygen atoms in total. The second-order valence-corrected chi connectivity index (χ2v) is 15.3. The minimum atomic E-state index is 0.562. The van der Waals surface area contributed by atoms with Crippen LogP contribution in [0.4, 0.5) is 39.8 Å². The van der Waals surface area contributed by atoms with Crippen molar-refractivity contribution in [2.45, 2.75) is 0 Å². The highest BCUT2D eigenvalue weighted by atomic mass is 16.3. The molecular formula is C55H31N5O2. The van der Waals surface area contributed by atoms with Gasteiger partial charge in [0.05, 0.1) is 41.0 Å². The third-order valence-electron chi connectivity index (χ3n) is 11.9. The van der Waals surface area contributed by atoms with E-state index < -0.39 is 0 Å². The Labute approximate surface area is 354 Å². The number of pyridine rings is 1. The molecule has 3 heterocycles. The highest BCUT2D eigenvalue weighted by Crippen LogP contribution is 2.50. The van der Waals surface area contributed by atoms with Gasteiger partial charge in [0, 0.05) is 49.9 Å². The summed E-state index contributed by atoms with van der Waals surface area (Å²) in [5.74, 6) is 0. The van der Waals surface area contributed by atoms with Gasteiger partial charge in [-0.15, -0.1) is 0 Å². The van der Waals surface area contributed by atoms with E-state index in [0.29, 0.717) is 17.0 Å². The van der Waals surface area contributed by atoms with E-state index in [-0.39, 0.29) is 0 Å². The summed E-state index contributed by atoms with van der Waals surface area (Å²) < 4.78 is 13.3. The van der Waals surface area contributed by atoms with Gasteiger partial charge in [-0.1, -0.05) is 103 Å². The van der Waals surface area contributed by atoms with Gasteiger partial charge >= 0.3 is 0 Å². The van der Waals surface area contributed by atoms with E-state index in [9.17, 15) is 5.26 Å². The summed E-state index contributed by atoms with van der Waals surface area (Å²) >= 11 is 0. The average molecular weight is 794 g/mol. The number of anilines is 6. The van der Waals surface area contributed by atoms with Gasteiger partial charge in [-0.25, -0.2) is 9.83 Å². The highest BCUT2D eigenvalue weighted by molar-refractivity contribution is 6.25. The monoisotopic (exact) mass is 793 g/mol. The second-order valence-electron chi connectivity index (χ2n) is 15.3. The van der Waals surface area contributed by atoms with Crippen molar-refractivity contribution in [3.05, 3.63) is 205 Å². The fourth-order valence-electron chi connectivity index (χ4n) is 9.16. The normalized spacial score (nSPS) is 11.5. The van der Waals surface area contributed by atoms with Crippen LogP contribution in [0.5, 0.6) is 0 Å². The lowest BCUT2D eigenvalue weighted by Crippen LogP contribution is -2.12. The van der Waals surface area contributed by atoms with Crippen molar-refractivity contribution in [1.82, 2.24) is 4.98 Å². The number of para-hydroxylation sites is 3. The number of nitrogens with zero attached hydrogens (tertiary/aromatic N) is 5. The van der Waals surface area contributed by atoms with Gasteiger partial charge in [-0.05, 0) is 100 Å². The summed E-state index contributed by atoms with van der Waals surface area (Å²) in [6.07, 6.45) is 1.75. The molecule has 0 aliphatic rings. The third kappa shape index (κ3) is 5.33. The van der Waals surface area contributed by atoms with Gasteiger partial charge in [0.15, 0.2) is 16.9 Å². The molecule has 0 spiro atoms. The maximum Gasteiger partial charge on any atom is 0.227 e. The Kier molecular flexibility index (Phi) is 7.83. The summed E-state index contributed by atoms with van der Waals surface area (Å²) in [5, 5.41) is 20.1. The number of fused-ring (bicyclic) bond motifs is 11. The molecule has 0 unspecified atom stereocenters. The van der Waals surface area contributed by atoms with E-state index in [1.54, 1.807) is 6.20 Å². The molecule has 0 amide bonds. The molecule has 0 saturated heterocycles. The molecule has 0 N–H and O–H groups in total. The fraction of sp³-hybridized carbons (Fsp3) is 0. The molecule has 0 aliphatic heterocycles. The van der Waals surface area contributed by atoms with Crippen molar-refractivity contribution in [3.8, 4) is 6.07 Å². The molecule has 0 atom stereocenters. The Morgan fingerprint density at radius 1 is 0.452 bits per heavy atom. The van der Waals surface area contributed by atoms with Crippen molar-refractivity contribution in [2.75, 3.05) is 9.80 Å². The summed E-state index contributed by atoms with van der Waals surface area (Å²) in [6.45, 7) is 7.70. The van der Waals surface area contributed by atoms with E-state index in [2.05, 4.69) is 129 Å². The number of aromatic nitrogens is 1. The van der Waals surface area contributed by atoms with Crippen molar-refractivity contribution in [3.63, 3.8) is 0 Å². The van der Waals surface area contributed by atoms with Crippen molar-refractivity contribution in [1.29, 1.82) is 5.26 Å². The molecule has 0 fully saturated rings. The average Bonchev–Trinajstić information content (AvgIpc) is 3.92. The third-order valence-corrected chi connectivity index (χ3v) is 11.9. The van der Waals surface area contributed by atoms with Crippen molar-refractivity contribution in [2.24, 2.45) is 0 Å². The Morgan fingerprint density at radius 2 is 0.952 bits per heavy atom. The zero-order valence-electron chi connectivity index (χ0n) is 33.0. The van der Waals surface area contributed by atoms with Gasteiger partial charge in [0.1, 0.15) is 5.58 Å². The van der Waals surface area contributed by atoms with Crippen LogP contribution in [-0.2, 0) is 0 Å². The maximum atomic E-state index is 9.80. The van der Waals surface area contributed by atoms with Crippen LogP contribution >= 0.6 is 0 Å². The van der Waals surface area contributed by atoms with Crippen LogP contribution in [0, 0.1) is 17.9 Å². The van der Waals surface area contributed by atoms with Gasteiger partial charge in [0.2, 0.25) is 5.71 Å². The highest BCUT2D eigenvalue weighted by Gasteiger charge is 2.26. The molecular weight excluding hydrogens is 763 g/mol. The van der Waals surface area contributed by atoms with Crippen LogP contribution in [0.2, 0.25) is 0 Å². The summed E-state index contributed by atoms with van der Waals surface area (Å²) in [5.41, 5.74) is 9.48. The smallest absolute Gasteiger partial charge is 0.227 e. The standard InChI is InChI=1S/C55H31N5O2/c1-57-35-24-28-37(29-25-35)60(49-20-9-17-44-45-18-10-30-58-55(45)62-54(44)49)51-32-47-38-11-2-4-13-40(38)50(31-46(47)39-12-3-5-14-41(39)51)59(36-26-22-34(33-56)23-27-36)48-19-8-16-43-42-15-6-7-21-52(42)61-53(43)48/h2-32H. The summed E-state index contributed by atoms with van der Waals surface area (Å²) in [7, 11) is 0. The van der Waals surface area contributed by atoms with Gasteiger partial charge < -0.3 is 18.6 Å². The van der Waals surface area contributed by atoms with Crippen LogP contribution in [0.15, 0.2) is 197 Å². The number of benzene rings is 9. The zero-order valence-corrected chi connectivity index (χ0v) is 33.0. The van der Waals surface area contributed by atoms with Crippen LogP contribution in [0.1, 0.15) is 5.56 Å². The predicted octanol–water partition coefficient (Wildman–Crippen LogP) is 15.7. The number of hydrogen-bond donors (Lipinski definition) is 0. The molecule has 7 heteroatoms. The molecule has 0 bridgehead atoms. The van der Waals surface area contributed by atoms with Gasteiger partial charge in [0.25, 0.3) is 0 Å². The SMILES string of the molecule is [C-]#[N+]c1ccc(N(c2cc3c4ccccc4c(N(c4ccc(C#N)cc4)c4cccc5c4oc4ccccc45)cc3c3ccccc23)c2cccc3c2oc2ncccc23)cc1. The first-order valence-electron chi connectivity index (χ1n) is 20.3. The number of rotatable bonds is 6. The predicted molar refractivity (Wildman–Crippen MR) is 252 cm³/mol. The van der Waals surface area contributed by atoms with E-state index in [1.165, 1.54) is 0 Å². The van der Waals surface area contributed by atoms with E-state index in [4.69, 9.17) is 15.4 Å². The van der Waals surface area contributed by atoms with Crippen molar-refractivity contribution < 1.29 is 8.83 Å². The number of nitriles is 1. The lowest BCUT2D eigenvalue weighted by atomic mass is 9.93. The molecule has 0 saturated carbocycles. The lowest BCUT2D eigenvalue weighted by molar-refractivity contribution is 0.654. The van der Waals surface area contributed by atoms with Gasteiger partial charge in [-0.3, -0.25) is 0 Å². The van der Waals surface area contributed by atoms with Crippen molar-refractivity contribution >= 4 is 116 Å². The Bertz CT molecular complexity index is 3600. The second kappa shape index (κ2) is 13.8. The maximum absolute atomic E-state index is 9.80. The number of hydrogen-bond acceptors (Lipinski definition) is 6. The van der Waals surface area contributed by atoms with Crippen LogP contribution in [0.3, 0.4) is 0 Å². The molecule has 3 aromatic heterocycles. The topological polar surface area (TPSA) is 73.8 Å². The van der Waals surface area contributed by atoms with Crippen LogP contribution in [0.25, 0.3) is 81.2 Å².